The number of fused-ring (bicyclic) bond motifs is 1. The average Bonchev–Trinajstić information content (AvgIpc) is 3.45. The number of halogens is 3. The molecule has 4 rings (SSSR count). The number of carbonyl (C=O) groups is 1. The minimum Gasteiger partial charge on any atom is -0.494 e. The predicted octanol–water partition coefficient (Wildman–Crippen LogP) is 4.19. The lowest BCUT2D eigenvalue weighted by molar-refractivity contribution is -0.140. The summed E-state index contributed by atoms with van der Waals surface area (Å²) in [4.78, 5) is 23.3. The molecule has 3 heterocycles. The van der Waals surface area contributed by atoms with Gasteiger partial charge in [-0.3, -0.25) is 4.79 Å². The highest BCUT2D eigenvalue weighted by molar-refractivity contribution is 5.98. The third-order valence-electron chi connectivity index (χ3n) is 5.83. The number of oxazole rings is 1. The lowest BCUT2D eigenvalue weighted by atomic mass is 10.1. The predicted molar refractivity (Wildman–Crippen MR) is 117 cm³/mol. The molecule has 0 unspecified atom stereocenters. The van der Waals surface area contributed by atoms with Crippen LogP contribution in [0.15, 0.2) is 28.7 Å². The maximum atomic E-state index is 13.4. The molecule has 0 saturated carbocycles. The molecule has 2 aromatic heterocycles. The monoisotopic (exact) mass is 478 g/mol. The zero-order valence-electron chi connectivity index (χ0n) is 19.0. The van der Waals surface area contributed by atoms with Crippen molar-refractivity contribution in [2.75, 3.05) is 27.4 Å². The molecule has 2 atom stereocenters. The summed E-state index contributed by atoms with van der Waals surface area (Å²) >= 11 is 0. The molecular formula is C23H25F3N4O4. The van der Waals surface area contributed by atoms with Crippen molar-refractivity contribution in [2.45, 2.75) is 38.0 Å². The summed E-state index contributed by atoms with van der Waals surface area (Å²) in [7, 11) is 2.93. The summed E-state index contributed by atoms with van der Waals surface area (Å²) < 4.78 is 56.1. The zero-order valence-corrected chi connectivity index (χ0v) is 19.0. The minimum absolute atomic E-state index is 0.00273. The normalized spacial score (nSPS) is 17.4. The van der Waals surface area contributed by atoms with Gasteiger partial charge < -0.3 is 24.5 Å². The van der Waals surface area contributed by atoms with Crippen LogP contribution in [0, 0.1) is 0 Å². The minimum atomic E-state index is -4.62. The number of likely N-dealkylation sites (tertiary alicyclic amines) is 1. The Kier molecular flexibility index (Phi) is 6.50. The van der Waals surface area contributed by atoms with Gasteiger partial charge in [0.05, 0.1) is 25.8 Å². The third kappa shape index (κ3) is 4.32. The Bertz CT molecular complexity index is 1210. The lowest BCUT2D eigenvalue weighted by Crippen LogP contribution is -2.38. The Morgan fingerprint density at radius 1 is 1.26 bits per heavy atom. The number of rotatable bonds is 6. The van der Waals surface area contributed by atoms with Crippen LogP contribution >= 0.6 is 0 Å². The van der Waals surface area contributed by atoms with E-state index in [2.05, 4.69) is 9.97 Å². The Morgan fingerprint density at radius 3 is 2.68 bits per heavy atom. The van der Waals surface area contributed by atoms with Crippen molar-refractivity contribution in [2.24, 2.45) is 5.73 Å². The summed E-state index contributed by atoms with van der Waals surface area (Å²) in [6.45, 7) is 2.63. The number of nitrogens with zero attached hydrogens (tertiary/aromatic N) is 3. The summed E-state index contributed by atoms with van der Waals surface area (Å²) in [5.41, 5.74) is 5.48. The van der Waals surface area contributed by atoms with Gasteiger partial charge in [-0.05, 0) is 44.0 Å². The Hall–Kier alpha value is -3.18. The van der Waals surface area contributed by atoms with E-state index in [4.69, 9.17) is 19.6 Å². The fraction of sp³-hybridized carbons (Fsp3) is 0.435. The van der Waals surface area contributed by atoms with Crippen LogP contribution in [0.3, 0.4) is 0 Å². The van der Waals surface area contributed by atoms with Crippen LogP contribution in [0.5, 0.6) is 5.75 Å². The molecule has 182 valence electrons. The first-order chi connectivity index (χ1) is 16.2. The van der Waals surface area contributed by atoms with E-state index in [1.54, 1.807) is 25.0 Å². The molecule has 1 aliphatic rings. The highest BCUT2D eigenvalue weighted by atomic mass is 19.4. The lowest BCUT2D eigenvalue weighted by Gasteiger charge is -2.23. The Morgan fingerprint density at radius 2 is 2.03 bits per heavy atom. The second kappa shape index (κ2) is 9.22. The Balaban J connectivity index is 1.82. The van der Waals surface area contributed by atoms with E-state index in [0.717, 1.165) is 18.9 Å². The maximum Gasteiger partial charge on any atom is 0.433 e. The van der Waals surface area contributed by atoms with Crippen LogP contribution < -0.4 is 10.5 Å². The number of hydrogen-bond donors (Lipinski definition) is 1. The molecule has 11 heteroatoms. The van der Waals surface area contributed by atoms with Crippen molar-refractivity contribution in [3.05, 3.63) is 41.4 Å². The van der Waals surface area contributed by atoms with E-state index >= 15 is 0 Å². The molecule has 0 aliphatic carbocycles. The van der Waals surface area contributed by atoms with Crippen LogP contribution in [0.25, 0.3) is 22.4 Å². The maximum absolute atomic E-state index is 13.4. The third-order valence-corrected chi connectivity index (χ3v) is 5.83. The summed E-state index contributed by atoms with van der Waals surface area (Å²) in [6.07, 6.45) is -2.96. The van der Waals surface area contributed by atoms with Gasteiger partial charge in [-0.25, -0.2) is 9.97 Å². The van der Waals surface area contributed by atoms with Gasteiger partial charge in [0.25, 0.3) is 5.91 Å². The summed E-state index contributed by atoms with van der Waals surface area (Å²) in [6, 6.07) is 4.54. The van der Waals surface area contributed by atoms with E-state index in [0.29, 0.717) is 24.1 Å². The largest absolute Gasteiger partial charge is 0.494 e. The fourth-order valence-corrected chi connectivity index (χ4v) is 4.21. The van der Waals surface area contributed by atoms with Crippen LogP contribution in [-0.4, -0.2) is 54.2 Å². The van der Waals surface area contributed by atoms with Crippen molar-refractivity contribution in [3.8, 4) is 17.2 Å². The molecule has 0 bridgehead atoms. The molecule has 8 nitrogen and oxygen atoms in total. The number of methoxy groups -OCH3 is 2. The number of aromatic nitrogens is 2. The van der Waals surface area contributed by atoms with Crippen LogP contribution in [0.2, 0.25) is 0 Å². The number of pyridine rings is 1. The van der Waals surface area contributed by atoms with Crippen LogP contribution in [0.1, 0.15) is 47.7 Å². The molecular weight excluding hydrogens is 453 g/mol. The standard InChI is InChI=1S/C23H25F3N4O4/c1-12(27)20-19(22(31)30-10-4-5-13(30)11-32-2)29-21(34-20)15-6-8-16(33-3)18-14(15)7-9-17(28-18)23(24,25)26/h6-9,12-13H,4-5,10-11,27H2,1-3H3/t12-,13+/m0/s1. The number of amides is 1. The van der Waals surface area contributed by atoms with E-state index in [-0.39, 0.29) is 40.6 Å². The van der Waals surface area contributed by atoms with E-state index in [9.17, 15) is 18.0 Å². The second-order valence-corrected chi connectivity index (χ2v) is 8.18. The number of alkyl halides is 3. The number of carbonyl (C=O) groups excluding carboxylic acids is 1. The molecule has 1 amide bonds. The van der Waals surface area contributed by atoms with Gasteiger partial charge in [0.15, 0.2) is 11.5 Å². The number of hydrogen-bond acceptors (Lipinski definition) is 7. The average molecular weight is 478 g/mol. The highest BCUT2D eigenvalue weighted by Crippen LogP contribution is 2.37. The van der Waals surface area contributed by atoms with Crippen LogP contribution in [-0.2, 0) is 10.9 Å². The van der Waals surface area contributed by atoms with Gasteiger partial charge in [-0.2, -0.15) is 13.2 Å². The SMILES string of the molecule is COC[C@H]1CCCN1C(=O)c1nc(-c2ccc(OC)c3nc(C(F)(F)F)ccc23)oc1[C@H](C)N. The van der Waals surface area contributed by atoms with E-state index in [1.807, 2.05) is 0 Å². The van der Waals surface area contributed by atoms with Gasteiger partial charge in [-0.1, -0.05) is 0 Å². The first-order valence-electron chi connectivity index (χ1n) is 10.8. The first-order valence-corrected chi connectivity index (χ1v) is 10.8. The van der Waals surface area contributed by atoms with Crippen LogP contribution in [0.4, 0.5) is 13.2 Å². The molecule has 1 fully saturated rings. The molecule has 3 aromatic rings. The number of benzene rings is 1. The van der Waals surface area contributed by atoms with Crippen molar-refractivity contribution in [1.29, 1.82) is 0 Å². The second-order valence-electron chi connectivity index (χ2n) is 8.18. The van der Waals surface area contributed by atoms with Gasteiger partial charge in [0, 0.05) is 24.6 Å². The van der Waals surface area contributed by atoms with E-state index < -0.39 is 17.9 Å². The molecule has 0 radical (unpaired) electrons. The molecule has 0 spiro atoms. The van der Waals surface area contributed by atoms with Crippen molar-refractivity contribution < 1.29 is 31.9 Å². The number of nitrogens with two attached hydrogens (primary N) is 1. The highest BCUT2D eigenvalue weighted by Gasteiger charge is 2.35. The van der Waals surface area contributed by atoms with Crippen molar-refractivity contribution in [1.82, 2.24) is 14.9 Å². The molecule has 1 aliphatic heterocycles. The fourth-order valence-electron chi connectivity index (χ4n) is 4.21. The topological polar surface area (TPSA) is 104 Å². The van der Waals surface area contributed by atoms with Gasteiger partial charge >= 0.3 is 6.18 Å². The smallest absolute Gasteiger partial charge is 0.433 e. The summed E-state index contributed by atoms with van der Waals surface area (Å²) in [5, 5.41) is 0.335. The van der Waals surface area contributed by atoms with Crippen molar-refractivity contribution in [3.63, 3.8) is 0 Å². The van der Waals surface area contributed by atoms with Gasteiger partial charge in [0.2, 0.25) is 5.89 Å². The van der Waals surface area contributed by atoms with Gasteiger partial charge in [0.1, 0.15) is 17.0 Å². The first kappa shape index (κ1) is 24.0. The quantitative estimate of drug-likeness (QED) is 0.567. The zero-order chi connectivity index (χ0) is 24.6. The van der Waals surface area contributed by atoms with Crippen molar-refractivity contribution >= 4 is 16.8 Å². The Labute approximate surface area is 193 Å². The van der Waals surface area contributed by atoms with E-state index in [1.165, 1.54) is 19.2 Å². The molecule has 1 saturated heterocycles. The molecule has 1 aromatic carbocycles. The molecule has 2 N–H and O–H groups in total. The number of ether oxygens (including phenoxy) is 2. The molecule has 34 heavy (non-hydrogen) atoms. The van der Waals surface area contributed by atoms with Gasteiger partial charge in [-0.15, -0.1) is 0 Å². The summed E-state index contributed by atoms with van der Waals surface area (Å²) in [5.74, 6) is 0.107.